The number of rotatable bonds is 2. The number of ether oxygens (including phenoxy) is 2. The zero-order chi connectivity index (χ0) is 14.1. The number of carbonyl (C=O) groups is 1. The van der Waals surface area contributed by atoms with Gasteiger partial charge in [0.15, 0.2) is 11.5 Å². The number of carbonyl (C=O) groups excluding carboxylic acids is 1. The molecule has 0 fully saturated rings. The molecule has 0 atom stereocenters. The lowest BCUT2D eigenvalue weighted by Gasteiger charge is -2.07. The van der Waals surface area contributed by atoms with Crippen molar-refractivity contribution < 1.29 is 14.3 Å². The van der Waals surface area contributed by atoms with E-state index in [-0.39, 0.29) is 12.7 Å². The third kappa shape index (κ3) is 2.18. The molecule has 0 radical (unpaired) electrons. The van der Waals surface area contributed by atoms with Gasteiger partial charge in [0, 0.05) is 7.05 Å². The SMILES string of the molecule is CNC(=O)c1cc(-c2ccc3c(c2)OCO3)ccc1Cl. The Kier molecular flexibility index (Phi) is 3.24. The molecule has 5 heteroatoms. The Bertz CT molecular complexity index is 685. The molecule has 0 saturated carbocycles. The van der Waals surface area contributed by atoms with Crippen LogP contribution in [0, 0.1) is 0 Å². The number of hydrogen-bond donors (Lipinski definition) is 1. The fourth-order valence-electron chi connectivity index (χ4n) is 2.09. The topological polar surface area (TPSA) is 47.6 Å². The molecule has 2 aromatic carbocycles. The summed E-state index contributed by atoms with van der Waals surface area (Å²) in [5.41, 5.74) is 2.28. The summed E-state index contributed by atoms with van der Waals surface area (Å²) in [6.45, 7) is 0.239. The molecule has 1 aliphatic heterocycles. The standard InChI is InChI=1S/C15H12ClNO3/c1-17-15(18)11-6-9(2-4-12(11)16)10-3-5-13-14(7-10)20-8-19-13/h2-7H,8H2,1H3,(H,17,18). The molecule has 0 saturated heterocycles. The number of halogens is 1. The van der Waals surface area contributed by atoms with E-state index in [2.05, 4.69) is 5.32 Å². The van der Waals surface area contributed by atoms with Crippen LogP contribution in [0.25, 0.3) is 11.1 Å². The van der Waals surface area contributed by atoms with Crippen molar-refractivity contribution in [2.24, 2.45) is 0 Å². The maximum absolute atomic E-state index is 11.8. The Balaban J connectivity index is 2.04. The molecule has 3 rings (SSSR count). The quantitative estimate of drug-likeness (QED) is 0.924. The molecule has 0 aromatic heterocycles. The summed E-state index contributed by atoms with van der Waals surface area (Å²) < 4.78 is 10.6. The van der Waals surface area contributed by atoms with Crippen LogP contribution in [0.4, 0.5) is 0 Å². The molecule has 20 heavy (non-hydrogen) atoms. The van der Waals surface area contributed by atoms with Crippen LogP contribution in [0.2, 0.25) is 5.02 Å². The maximum atomic E-state index is 11.8. The highest BCUT2D eigenvalue weighted by atomic mass is 35.5. The van der Waals surface area contributed by atoms with Gasteiger partial charge in [0.25, 0.3) is 5.91 Å². The summed E-state index contributed by atoms with van der Waals surface area (Å²) in [5.74, 6) is 1.23. The highest BCUT2D eigenvalue weighted by Crippen LogP contribution is 2.36. The first-order valence-corrected chi connectivity index (χ1v) is 6.48. The van der Waals surface area contributed by atoms with Crippen molar-refractivity contribution in [3.8, 4) is 22.6 Å². The number of amides is 1. The van der Waals surface area contributed by atoms with E-state index in [9.17, 15) is 4.79 Å². The Morgan fingerprint density at radius 2 is 1.80 bits per heavy atom. The third-order valence-electron chi connectivity index (χ3n) is 3.14. The van der Waals surface area contributed by atoms with Crippen LogP contribution in [0.3, 0.4) is 0 Å². The van der Waals surface area contributed by atoms with Crippen molar-refractivity contribution in [1.29, 1.82) is 0 Å². The summed E-state index contributed by atoms with van der Waals surface area (Å²) in [6, 6.07) is 11.0. The monoisotopic (exact) mass is 289 g/mol. The van der Waals surface area contributed by atoms with Crippen molar-refractivity contribution in [3.05, 3.63) is 47.0 Å². The Morgan fingerprint density at radius 3 is 2.60 bits per heavy atom. The molecule has 0 aliphatic carbocycles. The van der Waals surface area contributed by atoms with Crippen LogP contribution in [0.15, 0.2) is 36.4 Å². The minimum Gasteiger partial charge on any atom is -0.454 e. The molecule has 1 amide bonds. The molecule has 0 spiro atoms. The van der Waals surface area contributed by atoms with E-state index >= 15 is 0 Å². The first kappa shape index (κ1) is 12.8. The zero-order valence-electron chi connectivity index (χ0n) is 10.8. The Labute approximate surface area is 121 Å². The number of hydrogen-bond acceptors (Lipinski definition) is 3. The van der Waals surface area contributed by atoms with Gasteiger partial charge in [-0.25, -0.2) is 0 Å². The van der Waals surface area contributed by atoms with Gasteiger partial charge in [-0.05, 0) is 35.4 Å². The average Bonchev–Trinajstić information content (AvgIpc) is 2.94. The number of fused-ring (bicyclic) bond motifs is 1. The van der Waals surface area contributed by atoms with Crippen molar-refractivity contribution in [3.63, 3.8) is 0 Å². The highest BCUT2D eigenvalue weighted by Gasteiger charge is 2.15. The molecule has 1 aliphatic rings. The summed E-state index contributed by atoms with van der Waals surface area (Å²) in [6.07, 6.45) is 0. The van der Waals surface area contributed by atoms with Gasteiger partial charge < -0.3 is 14.8 Å². The minimum absolute atomic E-state index is 0.211. The van der Waals surface area contributed by atoms with Gasteiger partial charge in [0.05, 0.1) is 10.6 Å². The molecule has 0 unspecified atom stereocenters. The second-order valence-corrected chi connectivity index (χ2v) is 4.75. The Hall–Kier alpha value is -2.20. The largest absolute Gasteiger partial charge is 0.454 e. The van der Waals surface area contributed by atoms with Gasteiger partial charge in [-0.1, -0.05) is 23.7 Å². The second kappa shape index (κ2) is 5.06. The highest BCUT2D eigenvalue weighted by molar-refractivity contribution is 6.34. The number of nitrogens with one attached hydrogen (secondary N) is 1. The summed E-state index contributed by atoms with van der Waals surface area (Å²) in [4.78, 5) is 11.8. The van der Waals surface area contributed by atoms with Gasteiger partial charge >= 0.3 is 0 Å². The molecule has 4 nitrogen and oxygen atoms in total. The molecular weight excluding hydrogens is 278 g/mol. The average molecular weight is 290 g/mol. The van der Waals surface area contributed by atoms with E-state index in [1.807, 2.05) is 24.3 Å². The van der Waals surface area contributed by atoms with Gasteiger partial charge in [-0.3, -0.25) is 4.79 Å². The predicted molar refractivity (Wildman–Crippen MR) is 76.4 cm³/mol. The van der Waals surface area contributed by atoms with E-state index in [0.29, 0.717) is 16.3 Å². The van der Waals surface area contributed by atoms with Crippen LogP contribution < -0.4 is 14.8 Å². The minimum atomic E-state index is -0.211. The lowest BCUT2D eigenvalue weighted by atomic mass is 10.0. The summed E-state index contributed by atoms with van der Waals surface area (Å²) in [5, 5.41) is 3.00. The predicted octanol–water partition coefficient (Wildman–Crippen LogP) is 3.10. The van der Waals surface area contributed by atoms with Gasteiger partial charge in [0.2, 0.25) is 6.79 Å². The van der Waals surface area contributed by atoms with Gasteiger partial charge in [-0.15, -0.1) is 0 Å². The fraction of sp³-hybridized carbons (Fsp3) is 0.133. The van der Waals surface area contributed by atoms with E-state index in [0.717, 1.165) is 16.9 Å². The lowest BCUT2D eigenvalue weighted by Crippen LogP contribution is -2.18. The summed E-state index contributed by atoms with van der Waals surface area (Å²) >= 11 is 6.05. The third-order valence-corrected chi connectivity index (χ3v) is 3.47. The van der Waals surface area contributed by atoms with Crippen LogP contribution in [0.5, 0.6) is 11.5 Å². The van der Waals surface area contributed by atoms with Crippen molar-refractivity contribution in [1.82, 2.24) is 5.32 Å². The van der Waals surface area contributed by atoms with Crippen molar-refractivity contribution >= 4 is 17.5 Å². The Morgan fingerprint density at radius 1 is 1.10 bits per heavy atom. The van der Waals surface area contributed by atoms with Crippen molar-refractivity contribution in [2.45, 2.75) is 0 Å². The maximum Gasteiger partial charge on any atom is 0.252 e. The molecule has 1 N–H and O–H groups in total. The van der Waals surface area contributed by atoms with Crippen LogP contribution >= 0.6 is 11.6 Å². The molecule has 2 aromatic rings. The number of benzene rings is 2. The molecular formula is C15H12ClNO3. The van der Waals surface area contributed by atoms with E-state index in [4.69, 9.17) is 21.1 Å². The first-order valence-electron chi connectivity index (χ1n) is 6.10. The fourth-order valence-corrected chi connectivity index (χ4v) is 2.29. The summed E-state index contributed by atoms with van der Waals surface area (Å²) in [7, 11) is 1.58. The normalized spacial score (nSPS) is 12.3. The van der Waals surface area contributed by atoms with Crippen LogP contribution in [0.1, 0.15) is 10.4 Å². The van der Waals surface area contributed by atoms with E-state index in [1.165, 1.54) is 0 Å². The van der Waals surface area contributed by atoms with E-state index < -0.39 is 0 Å². The second-order valence-electron chi connectivity index (χ2n) is 4.34. The van der Waals surface area contributed by atoms with Gasteiger partial charge in [0.1, 0.15) is 0 Å². The zero-order valence-corrected chi connectivity index (χ0v) is 11.5. The lowest BCUT2D eigenvalue weighted by molar-refractivity contribution is 0.0963. The molecule has 102 valence electrons. The van der Waals surface area contributed by atoms with E-state index in [1.54, 1.807) is 19.2 Å². The molecule has 0 bridgehead atoms. The molecule has 1 heterocycles. The van der Waals surface area contributed by atoms with Crippen LogP contribution in [-0.4, -0.2) is 19.7 Å². The van der Waals surface area contributed by atoms with Crippen LogP contribution in [-0.2, 0) is 0 Å². The van der Waals surface area contributed by atoms with Crippen molar-refractivity contribution in [2.75, 3.05) is 13.8 Å². The smallest absolute Gasteiger partial charge is 0.252 e. The van der Waals surface area contributed by atoms with Gasteiger partial charge in [-0.2, -0.15) is 0 Å². The first-order chi connectivity index (χ1) is 9.69.